The summed E-state index contributed by atoms with van der Waals surface area (Å²) in [5, 5.41) is 3.36. The van der Waals surface area contributed by atoms with E-state index in [4.69, 9.17) is 4.74 Å². The van der Waals surface area contributed by atoms with Gasteiger partial charge in [0, 0.05) is 52.2 Å². The van der Waals surface area contributed by atoms with Crippen molar-refractivity contribution in [3.63, 3.8) is 0 Å². The van der Waals surface area contributed by atoms with Crippen molar-refractivity contribution in [1.82, 2.24) is 24.1 Å². The Balaban J connectivity index is 1.85. The first-order valence-corrected chi connectivity index (χ1v) is 11.9. The van der Waals surface area contributed by atoms with Crippen molar-refractivity contribution < 1.29 is 13.2 Å². The minimum atomic E-state index is -3.29. The van der Waals surface area contributed by atoms with E-state index >= 15 is 0 Å². The number of aliphatic imine (C=N–C) groups is 1. The maximum Gasteiger partial charge on any atom is 0.216 e. The molecule has 10 heteroatoms. The van der Waals surface area contributed by atoms with Gasteiger partial charge in [0.05, 0.1) is 25.0 Å². The Kier molecular flexibility index (Phi) is 8.91. The van der Waals surface area contributed by atoms with Crippen LogP contribution in [0.5, 0.6) is 0 Å². The highest BCUT2D eigenvalue weighted by atomic mass is 32.2. The summed E-state index contributed by atoms with van der Waals surface area (Å²) in [6.07, 6.45) is 3.84. The van der Waals surface area contributed by atoms with Gasteiger partial charge in [-0.25, -0.2) is 13.4 Å². The third kappa shape index (κ3) is 7.27. The highest BCUT2D eigenvalue weighted by Gasteiger charge is 2.28. The Labute approximate surface area is 175 Å². The zero-order valence-electron chi connectivity index (χ0n) is 18.3. The molecule has 0 aromatic carbocycles. The lowest BCUT2D eigenvalue weighted by atomic mass is 10.2. The number of rotatable bonds is 9. The molecule has 0 bridgehead atoms. The summed E-state index contributed by atoms with van der Waals surface area (Å²) >= 11 is 0. The van der Waals surface area contributed by atoms with Gasteiger partial charge in [0.2, 0.25) is 10.0 Å². The van der Waals surface area contributed by atoms with Crippen LogP contribution >= 0.6 is 0 Å². The first-order valence-electron chi connectivity index (χ1n) is 10.3. The standard InChI is InChI=1S/C19H36N6O3S/c1-16(2)15-24-7-6-21-18(24)14-22-19(20-5)23-8-10-25(11-9-23)29(26,27)13-12-28-17(3)4/h6-7,16-17H,8-15H2,1-5H3,(H,20,22). The molecular formula is C19H36N6O3S. The smallest absolute Gasteiger partial charge is 0.216 e. The van der Waals surface area contributed by atoms with Crippen LogP contribution in [-0.4, -0.2) is 84.8 Å². The van der Waals surface area contributed by atoms with Crippen LogP contribution in [0, 0.1) is 5.92 Å². The number of nitrogens with one attached hydrogen (secondary N) is 1. The second-order valence-corrected chi connectivity index (χ2v) is 10.0. The lowest BCUT2D eigenvalue weighted by molar-refractivity contribution is 0.0904. The number of sulfonamides is 1. The first-order chi connectivity index (χ1) is 13.7. The summed E-state index contributed by atoms with van der Waals surface area (Å²) in [6, 6.07) is 0. The van der Waals surface area contributed by atoms with Gasteiger partial charge in [-0.1, -0.05) is 13.8 Å². The summed E-state index contributed by atoms with van der Waals surface area (Å²) in [7, 11) is -1.55. The van der Waals surface area contributed by atoms with E-state index in [9.17, 15) is 8.42 Å². The molecule has 29 heavy (non-hydrogen) atoms. The SMILES string of the molecule is CN=C(NCc1nccn1CC(C)C)N1CCN(S(=O)(=O)CCOC(C)C)CC1. The average Bonchev–Trinajstić information content (AvgIpc) is 3.08. The normalized spacial score (nSPS) is 16.8. The molecule has 2 rings (SSSR count). The lowest BCUT2D eigenvalue weighted by Crippen LogP contribution is -2.54. The first kappa shape index (κ1) is 23.6. The van der Waals surface area contributed by atoms with Crippen molar-refractivity contribution in [2.75, 3.05) is 45.6 Å². The zero-order valence-corrected chi connectivity index (χ0v) is 19.2. The molecule has 0 amide bonds. The summed E-state index contributed by atoms with van der Waals surface area (Å²) in [5.41, 5.74) is 0. The second kappa shape index (κ2) is 10.9. The maximum absolute atomic E-state index is 12.5. The van der Waals surface area contributed by atoms with Crippen LogP contribution in [0.25, 0.3) is 0 Å². The minimum Gasteiger partial charge on any atom is -0.378 e. The number of hydrogen-bond acceptors (Lipinski definition) is 5. The molecule has 166 valence electrons. The van der Waals surface area contributed by atoms with Gasteiger partial charge < -0.3 is 19.5 Å². The molecule has 1 aromatic heterocycles. The lowest BCUT2D eigenvalue weighted by Gasteiger charge is -2.35. The van der Waals surface area contributed by atoms with Gasteiger partial charge in [-0.2, -0.15) is 4.31 Å². The van der Waals surface area contributed by atoms with E-state index in [-0.39, 0.29) is 18.5 Å². The fourth-order valence-corrected chi connectivity index (χ4v) is 4.54. The van der Waals surface area contributed by atoms with E-state index in [1.165, 1.54) is 0 Å². The number of hydrogen-bond donors (Lipinski definition) is 1. The predicted molar refractivity (Wildman–Crippen MR) is 115 cm³/mol. The number of aromatic nitrogens is 2. The van der Waals surface area contributed by atoms with Gasteiger partial charge in [0.15, 0.2) is 5.96 Å². The third-order valence-corrected chi connectivity index (χ3v) is 6.54. The van der Waals surface area contributed by atoms with Crippen LogP contribution in [0.4, 0.5) is 0 Å². The fourth-order valence-electron chi connectivity index (χ4n) is 3.25. The van der Waals surface area contributed by atoms with Crippen molar-refractivity contribution in [1.29, 1.82) is 0 Å². The Hall–Kier alpha value is -1.65. The molecule has 1 saturated heterocycles. The molecule has 0 atom stereocenters. The Morgan fingerprint density at radius 3 is 2.52 bits per heavy atom. The molecule has 2 heterocycles. The second-order valence-electron chi connectivity index (χ2n) is 7.91. The van der Waals surface area contributed by atoms with Crippen LogP contribution in [0.2, 0.25) is 0 Å². The minimum absolute atomic E-state index is 0.0245. The molecule has 1 aromatic rings. The predicted octanol–water partition coefficient (Wildman–Crippen LogP) is 0.987. The van der Waals surface area contributed by atoms with E-state index in [2.05, 4.69) is 38.6 Å². The molecule has 0 unspecified atom stereocenters. The van der Waals surface area contributed by atoms with Crippen molar-refractivity contribution in [3.8, 4) is 0 Å². The van der Waals surface area contributed by atoms with Crippen LogP contribution in [-0.2, 0) is 27.8 Å². The quantitative estimate of drug-likeness (QED) is 0.466. The zero-order chi connectivity index (χ0) is 21.4. The largest absolute Gasteiger partial charge is 0.378 e. The monoisotopic (exact) mass is 428 g/mol. The van der Waals surface area contributed by atoms with Crippen LogP contribution < -0.4 is 5.32 Å². The van der Waals surface area contributed by atoms with Crippen molar-refractivity contribution in [2.45, 2.75) is 46.9 Å². The Morgan fingerprint density at radius 2 is 1.93 bits per heavy atom. The Bertz CT molecular complexity index is 752. The molecule has 0 radical (unpaired) electrons. The molecule has 1 aliphatic rings. The fraction of sp³-hybridized carbons (Fsp3) is 0.789. The summed E-state index contributed by atoms with van der Waals surface area (Å²) in [4.78, 5) is 10.9. The number of guanidine groups is 1. The number of imidazole rings is 1. The summed E-state index contributed by atoms with van der Waals surface area (Å²) in [6.45, 7) is 12.0. The average molecular weight is 429 g/mol. The maximum atomic E-state index is 12.5. The van der Waals surface area contributed by atoms with Crippen LogP contribution in [0.1, 0.15) is 33.5 Å². The molecule has 0 aliphatic carbocycles. The van der Waals surface area contributed by atoms with E-state index < -0.39 is 10.0 Å². The van der Waals surface area contributed by atoms with Gasteiger partial charge in [0.1, 0.15) is 5.82 Å². The van der Waals surface area contributed by atoms with E-state index in [0.717, 1.165) is 18.3 Å². The third-order valence-electron chi connectivity index (χ3n) is 4.70. The van der Waals surface area contributed by atoms with Crippen molar-refractivity contribution in [3.05, 3.63) is 18.2 Å². The number of nitrogens with zero attached hydrogens (tertiary/aromatic N) is 5. The van der Waals surface area contributed by atoms with Crippen molar-refractivity contribution >= 4 is 16.0 Å². The summed E-state index contributed by atoms with van der Waals surface area (Å²) < 4.78 is 34.1. The molecule has 0 saturated carbocycles. The van der Waals surface area contributed by atoms with Crippen LogP contribution in [0.15, 0.2) is 17.4 Å². The van der Waals surface area contributed by atoms with Gasteiger partial charge in [-0.15, -0.1) is 0 Å². The van der Waals surface area contributed by atoms with Gasteiger partial charge in [0.25, 0.3) is 0 Å². The molecule has 1 N–H and O–H groups in total. The van der Waals surface area contributed by atoms with E-state index in [1.807, 2.05) is 26.2 Å². The Morgan fingerprint density at radius 1 is 1.24 bits per heavy atom. The van der Waals surface area contributed by atoms with Gasteiger partial charge in [-0.05, 0) is 19.8 Å². The van der Waals surface area contributed by atoms with E-state index in [0.29, 0.717) is 38.6 Å². The highest BCUT2D eigenvalue weighted by molar-refractivity contribution is 7.89. The van der Waals surface area contributed by atoms with Gasteiger partial charge >= 0.3 is 0 Å². The molecule has 0 spiro atoms. The molecule has 1 aliphatic heterocycles. The van der Waals surface area contributed by atoms with Gasteiger partial charge in [-0.3, -0.25) is 4.99 Å². The van der Waals surface area contributed by atoms with Crippen LogP contribution in [0.3, 0.4) is 0 Å². The van der Waals surface area contributed by atoms with Crippen molar-refractivity contribution in [2.24, 2.45) is 10.9 Å². The summed E-state index contributed by atoms with van der Waals surface area (Å²) in [5.74, 6) is 2.30. The topological polar surface area (TPSA) is 92.1 Å². The highest BCUT2D eigenvalue weighted by Crippen LogP contribution is 2.10. The molecule has 9 nitrogen and oxygen atoms in total. The number of piperazine rings is 1. The number of ether oxygens (including phenoxy) is 1. The van der Waals surface area contributed by atoms with E-state index in [1.54, 1.807) is 11.4 Å². The molecular weight excluding hydrogens is 392 g/mol. The molecule has 1 fully saturated rings.